The summed E-state index contributed by atoms with van der Waals surface area (Å²) in [6, 6.07) is 0.412. The fourth-order valence-corrected chi connectivity index (χ4v) is 2.43. The van der Waals surface area contributed by atoms with Crippen molar-refractivity contribution in [1.29, 1.82) is 0 Å². The number of alkyl carbamates (subject to hydrolysis) is 1. The van der Waals surface area contributed by atoms with Crippen LogP contribution in [0, 0.1) is 11.8 Å². The van der Waals surface area contributed by atoms with Gasteiger partial charge in [-0.2, -0.15) is 0 Å². The molecule has 0 radical (unpaired) electrons. The quantitative estimate of drug-likeness (QED) is 0.805. The van der Waals surface area contributed by atoms with Crippen molar-refractivity contribution < 1.29 is 9.53 Å². The molecule has 0 aromatic carbocycles. The number of carbonyl (C=O) groups is 1. The Labute approximate surface area is 123 Å². The van der Waals surface area contributed by atoms with Gasteiger partial charge in [-0.25, -0.2) is 4.79 Å². The van der Waals surface area contributed by atoms with Crippen LogP contribution in [-0.4, -0.2) is 42.3 Å². The van der Waals surface area contributed by atoms with E-state index in [1.807, 2.05) is 27.7 Å². The number of carbonyl (C=O) groups excluding carboxylic acids is 1. The lowest BCUT2D eigenvalue weighted by atomic mass is 10.0. The summed E-state index contributed by atoms with van der Waals surface area (Å²) in [7, 11) is 0. The summed E-state index contributed by atoms with van der Waals surface area (Å²) in [5.74, 6) is 6.04. The predicted octanol–water partition coefficient (Wildman–Crippen LogP) is 2.78. The van der Waals surface area contributed by atoms with E-state index in [9.17, 15) is 4.79 Å². The second kappa shape index (κ2) is 8.16. The number of amides is 1. The number of likely N-dealkylation sites (tertiary alicyclic amines) is 1. The molecule has 0 aliphatic carbocycles. The summed E-state index contributed by atoms with van der Waals surface area (Å²) in [5.41, 5.74) is -0.437. The van der Waals surface area contributed by atoms with E-state index < -0.39 is 5.60 Å². The van der Waals surface area contributed by atoms with Crippen molar-refractivity contribution in [3.63, 3.8) is 0 Å². The van der Waals surface area contributed by atoms with Crippen molar-refractivity contribution in [2.45, 2.75) is 65.0 Å². The number of nitrogens with one attached hydrogen (secondary N) is 1. The van der Waals surface area contributed by atoms with Crippen LogP contribution in [0.2, 0.25) is 0 Å². The van der Waals surface area contributed by atoms with Crippen LogP contribution in [-0.2, 0) is 4.74 Å². The topological polar surface area (TPSA) is 41.6 Å². The van der Waals surface area contributed by atoms with E-state index in [-0.39, 0.29) is 6.09 Å². The van der Waals surface area contributed by atoms with E-state index in [4.69, 9.17) is 4.74 Å². The van der Waals surface area contributed by atoms with E-state index in [2.05, 4.69) is 22.1 Å². The molecule has 0 saturated carbocycles. The Morgan fingerprint density at radius 3 is 2.80 bits per heavy atom. The molecule has 1 amide bonds. The van der Waals surface area contributed by atoms with Gasteiger partial charge in [-0.15, -0.1) is 11.8 Å². The van der Waals surface area contributed by atoms with Gasteiger partial charge < -0.3 is 10.1 Å². The van der Waals surface area contributed by atoms with Crippen molar-refractivity contribution in [3.05, 3.63) is 0 Å². The Morgan fingerprint density at radius 1 is 1.40 bits per heavy atom. The maximum Gasteiger partial charge on any atom is 0.407 e. The van der Waals surface area contributed by atoms with Crippen LogP contribution in [0.4, 0.5) is 4.79 Å². The number of hydrogen-bond acceptors (Lipinski definition) is 3. The summed E-state index contributed by atoms with van der Waals surface area (Å²) in [5, 5.41) is 2.89. The van der Waals surface area contributed by atoms with Crippen molar-refractivity contribution >= 4 is 6.09 Å². The van der Waals surface area contributed by atoms with Gasteiger partial charge in [0.2, 0.25) is 0 Å². The first-order valence-electron chi connectivity index (χ1n) is 7.53. The smallest absolute Gasteiger partial charge is 0.407 e. The van der Waals surface area contributed by atoms with Gasteiger partial charge in [0.1, 0.15) is 5.60 Å². The van der Waals surface area contributed by atoms with Gasteiger partial charge in [0, 0.05) is 25.6 Å². The predicted molar refractivity (Wildman–Crippen MR) is 81.5 cm³/mol. The minimum atomic E-state index is -0.437. The van der Waals surface area contributed by atoms with Crippen LogP contribution >= 0.6 is 0 Å². The highest BCUT2D eigenvalue weighted by Crippen LogP contribution is 2.16. The highest BCUT2D eigenvalue weighted by Gasteiger charge is 2.23. The Bertz CT molecular complexity index is 363. The van der Waals surface area contributed by atoms with E-state index in [1.165, 1.54) is 12.8 Å². The first-order chi connectivity index (χ1) is 9.42. The Kier molecular flexibility index (Phi) is 6.87. The zero-order chi connectivity index (χ0) is 15.0. The van der Waals surface area contributed by atoms with Gasteiger partial charge in [-0.3, -0.25) is 4.90 Å². The lowest BCUT2D eigenvalue weighted by Crippen LogP contribution is -2.47. The minimum Gasteiger partial charge on any atom is -0.444 e. The summed E-state index contributed by atoms with van der Waals surface area (Å²) in [4.78, 5) is 14.1. The van der Waals surface area contributed by atoms with Crippen molar-refractivity contribution in [1.82, 2.24) is 10.2 Å². The second-order valence-electron chi connectivity index (χ2n) is 6.25. The van der Waals surface area contributed by atoms with Crippen LogP contribution in [0.3, 0.4) is 0 Å². The Morgan fingerprint density at radius 2 is 2.15 bits per heavy atom. The van der Waals surface area contributed by atoms with Crippen molar-refractivity contribution in [2.24, 2.45) is 0 Å². The van der Waals surface area contributed by atoms with Crippen LogP contribution < -0.4 is 5.32 Å². The molecule has 1 saturated heterocycles. The van der Waals surface area contributed by atoms with Crippen molar-refractivity contribution in [3.8, 4) is 11.8 Å². The fraction of sp³-hybridized carbons (Fsp3) is 0.812. The molecule has 4 heteroatoms. The maximum absolute atomic E-state index is 11.7. The molecule has 20 heavy (non-hydrogen) atoms. The Hall–Kier alpha value is -1.21. The van der Waals surface area contributed by atoms with Crippen molar-refractivity contribution in [2.75, 3.05) is 19.6 Å². The lowest BCUT2D eigenvalue weighted by molar-refractivity contribution is 0.0496. The zero-order valence-corrected chi connectivity index (χ0v) is 13.3. The fourth-order valence-electron chi connectivity index (χ4n) is 2.43. The maximum atomic E-state index is 11.7. The monoisotopic (exact) mass is 280 g/mol. The first-order valence-corrected chi connectivity index (χ1v) is 7.53. The average molecular weight is 280 g/mol. The molecule has 0 spiro atoms. The molecule has 1 N–H and O–H groups in total. The van der Waals surface area contributed by atoms with E-state index in [1.54, 1.807) is 0 Å². The van der Waals surface area contributed by atoms with Crippen LogP contribution in [0.1, 0.15) is 53.4 Å². The van der Waals surface area contributed by atoms with Gasteiger partial charge in [-0.1, -0.05) is 6.42 Å². The van der Waals surface area contributed by atoms with Gasteiger partial charge in [0.25, 0.3) is 0 Å². The van der Waals surface area contributed by atoms with Gasteiger partial charge in [0.05, 0.1) is 0 Å². The SMILES string of the molecule is CC#CCCN1CCCC[C@@H]1CNC(=O)OC(C)(C)C. The summed E-state index contributed by atoms with van der Waals surface area (Å²) >= 11 is 0. The number of rotatable bonds is 4. The average Bonchev–Trinajstić information content (AvgIpc) is 2.36. The third kappa shape index (κ3) is 6.81. The highest BCUT2D eigenvalue weighted by atomic mass is 16.6. The van der Waals surface area contributed by atoms with Crippen LogP contribution in [0.15, 0.2) is 0 Å². The van der Waals surface area contributed by atoms with Crippen LogP contribution in [0.25, 0.3) is 0 Å². The van der Waals surface area contributed by atoms with Gasteiger partial charge in [0.15, 0.2) is 0 Å². The molecule has 1 rings (SSSR count). The molecule has 114 valence electrons. The third-order valence-electron chi connectivity index (χ3n) is 3.33. The van der Waals surface area contributed by atoms with E-state index in [0.29, 0.717) is 12.6 Å². The molecule has 1 heterocycles. The molecule has 0 aromatic heterocycles. The molecule has 1 fully saturated rings. The summed E-state index contributed by atoms with van der Waals surface area (Å²) in [6.45, 7) is 10.3. The minimum absolute atomic E-state index is 0.323. The molecular formula is C16H28N2O2. The summed E-state index contributed by atoms with van der Waals surface area (Å²) < 4.78 is 5.27. The second-order valence-corrected chi connectivity index (χ2v) is 6.25. The van der Waals surface area contributed by atoms with Crippen LogP contribution in [0.5, 0.6) is 0 Å². The number of ether oxygens (including phenoxy) is 1. The number of piperidine rings is 1. The standard InChI is InChI=1S/C16H28N2O2/c1-5-6-8-11-18-12-9-7-10-14(18)13-17-15(19)20-16(2,3)4/h14H,7-13H2,1-4H3,(H,17,19)/t14-/m1/s1. The third-order valence-corrected chi connectivity index (χ3v) is 3.33. The molecule has 4 nitrogen and oxygen atoms in total. The lowest BCUT2D eigenvalue weighted by Gasteiger charge is -2.35. The molecule has 0 aromatic rings. The molecular weight excluding hydrogens is 252 g/mol. The first kappa shape index (κ1) is 16.8. The highest BCUT2D eigenvalue weighted by molar-refractivity contribution is 5.67. The van der Waals surface area contributed by atoms with Gasteiger partial charge >= 0.3 is 6.09 Å². The zero-order valence-electron chi connectivity index (χ0n) is 13.3. The molecule has 0 unspecified atom stereocenters. The largest absolute Gasteiger partial charge is 0.444 e. The number of nitrogens with zero attached hydrogens (tertiary/aromatic N) is 1. The molecule has 1 aliphatic rings. The van der Waals surface area contributed by atoms with E-state index >= 15 is 0 Å². The Balaban J connectivity index is 2.37. The molecule has 1 atom stereocenters. The molecule has 1 aliphatic heterocycles. The van der Waals surface area contributed by atoms with E-state index in [0.717, 1.165) is 25.9 Å². The summed E-state index contributed by atoms with van der Waals surface area (Å²) in [6.07, 6.45) is 4.19. The van der Waals surface area contributed by atoms with Gasteiger partial charge in [-0.05, 0) is 47.1 Å². The number of hydrogen-bond donors (Lipinski definition) is 1. The normalized spacial score (nSPS) is 19.9. The molecule has 0 bridgehead atoms.